The van der Waals surface area contributed by atoms with Crippen molar-refractivity contribution in [3.8, 4) is 22.9 Å². The zero-order chi connectivity index (χ0) is 24.1. The van der Waals surface area contributed by atoms with E-state index in [0.29, 0.717) is 28.5 Å². The molecule has 0 spiro atoms. The third kappa shape index (κ3) is 5.11. The van der Waals surface area contributed by atoms with Crippen LogP contribution in [0.3, 0.4) is 0 Å². The molecule has 8 heteroatoms. The molecule has 0 radical (unpaired) electrons. The lowest BCUT2D eigenvalue weighted by Crippen LogP contribution is -2.21. The van der Waals surface area contributed by atoms with Crippen LogP contribution in [0.25, 0.3) is 5.69 Å². The lowest BCUT2D eigenvalue weighted by Gasteiger charge is -2.14. The summed E-state index contributed by atoms with van der Waals surface area (Å²) in [5.41, 5.74) is 4.55. The van der Waals surface area contributed by atoms with Gasteiger partial charge in [0.25, 0.3) is 5.91 Å². The van der Waals surface area contributed by atoms with Crippen LogP contribution >= 0.6 is 0 Å². The second kappa shape index (κ2) is 10.1. The SMILES string of the molecule is COc1cc(NC(=O)COC(=O)c2cc(C)n(-c3cccc(C)c3)c2C)cc(OC)c1OC. The summed E-state index contributed by atoms with van der Waals surface area (Å²) in [4.78, 5) is 25.1. The van der Waals surface area contributed by atoms with Gasteiger partial charge in [0, 0.05) is 34.9 Å². The standard InChI is InChI=1S/C25H28N2O6/c1-15-8-7-9-19(10-15)27-16(2)11-20(17(27)3)25(29)33-14-23(28)26-18-12-21(30-4)24(32-6)22(13-18)31-5/h7-13H,14H2,1-6H3,(H,26,28). The van der Waals surface area contributed by atoms with Crippen molar-refractivity contribution in [2.75, 3.05) is 33.3 Å². The van der Waals surface area contributed by atoms with Crippen LogP contribution in [0.15, 0.2) is 42.5 Å². The van der Waals surface area contributed by atoms with Crippen LogP contribution in [0.2, 0.25) is 0 Å². The first-order chi connectivity index (χ1) is 15.8. The fraction of sp³-hybridized carbons (Fsp3) is 0.280. The summed E-state index contributed by atoms with van der Waals surface area (Å²) < 4.78 is 23.1. The van der Waals surface area contributed by atoms with Crippen LogP contribution in [-0.2, 0) is 9.53 Å². The summed E-state index contributed by atoms with van der Waals surface area (Å²) >= 11 is 0. The monoisotopic (exact) mass is 452 g/mol. The number of rotatable bonds is 8. The third-order valence-corrected chi connectivity index (χ3v) is 5.19. The smallest absolute Gasteiger partial charge is 0.340 e. The average molecular weight is 453 g/mol. The number of nitrogens with one attached hydrogen (secondary N) is 1. The topological polar surface area (TPSA) is 88.0 Å². The molecule has 0 aliphatic heterocycles. The van der Waals surface area contributed by atoms with Gasteiger partial charge in [-0.25, -0.2) is 4.79 Å². The van der Waals surface area contributed by atoms with Crippen LogP contribution in [-0.4, -0.2) is 44.4 Å². The Morgan fingerprint density at radius 1 is 0.909 bits per heavy atom. The molecule has 0 unspecified atom stereocenters. The Hall–Kier alpha value is -3.94. The minimum absolute atomic E-state index is 0.396. The number of ether oxygens (including phenoxy) is 4. The number of amides is 1. The van der Waals surface area contributed by atoms with E-state index < -0.39 is 18.5 Å². The number of carbonyl (C=O) groups is 2. The fourth-order valence-corrected chi connectivity index (χ4v) is 3.69. The van der Waals surface area contributed by atoms with E-state index in [1.807, 2.05) is 49.6 Å². The van der Waals surface area contributed by atoms with Crippen molar-refractivity contribution in [2.45, 2.75) is 20.8 Å². The van der Waals surface area contributed by atoms with Gasteiger partial charge in [-0.05, 0) is 44.5 Å². The summed E-state index contributed by atoms with van der Waals surface area (Å²) in [6.45, 7) is 5.34. The molecular formula is C25H28N2O6. The highest BCUT2D eigenvalue weighted by Gasteiger charge is 2.20. The largest absolute Gasteiger partial charge is 0.493 e. The van der Waals surface area contributed by atoms with E-state index in [2.05, 4.69) is 5.32 Å². The number of hydrogen-bond acceptors (Lipinski definition) is 6. The number of nitrogens with zero attached hydrogens (tertiary/aromatic N) is 1. The van der Waals surface area contributed by atoms with Gasteiger partial charge in [-0.15, -0.1) is 0 Å². The summed E-state index contributed by atoms with van der Waals surface area (Å²) in [6.07, 6.45) is 0. The van der Waals surface area contributed by atoms with Gasteiger partial charge in [-0.1, -0.05) is 12.1 Å². The molecule has 0 bridgehead atoms. The molecule has 0 fully saturated rings. The van der Waals surface area contributed by atoms with E-state index in [1.54, 1.807) is 18.2 Å². The summed E-state index contributed by atoms with van der Waals surface area (Å²) in [5, 5.41) is 2.68. The summed E-state index contributed by atoms with van der Waals surface area (Å²) in [6, 6.07) is 12.9. The number of benzene rings is 2. The summed E-state index contributed by atoms with van der Waals surface area (Å²) in [5.74, 6) is 0.140. The second-order valence-corrected chi connectivity index (χ2v) is 7.50. The average Bonchev–Trinajstić information content (AvgIpc) is 3.10. The first-order valence-electron chi connectivity index (χ1n) is 10.3. The Kier molecular flexibility index (Phi) is 7.27. The van der Waals surface area contributed by atoms with E-state index in [9.17, 15) is 9.59 Å². The molecule has 3 aromatic rings. The van der Waals surface area contributed by atoms with Gasteiger partial charge < -0.3 is 28.8 Å². The van der Waals surface area contributed by atoms with Gasteiger partial charge in [0.1, 0.15) is 0 Å². The number of anilines is 1. The minimum atomic E-state index is -0.568. The maximum Gasteiger partial charge on any atom is 0.340 e. The van der Waals surface area contributed by atoms with E-state index in [-0.39, 0.29) is 0 Å². The van der Waals surface area contributed by atoms with Crippen molar-refractivity contribution in [3.63, 3.8) is 0 Å². The Morgan fingerprint density at radius 2 is 1.58 bits per heavy atom. The Morgan fingerprint density at radius 3 is 2.15 bits per heavy atom. The van der Waals surface area contributed by atoms with Gasteiger partial charge in [-0.2, -0.15) is 0 Å². The molecule has 174 valence electrons. The third-order valence-electron chi connectivity index (χ3n) is 5.19. The van der Waals surface area contributed by atoms with Crippen molar-refractivity contribution in [1.29, 1.82) is 0 Å². The van der Waals surface area contributed by atoms with Crippen LogP contribution in [0.5, 0.6) is 17.2 Å². The second-order valence-electron chi connectivity index (χ2n) is 7.50. The molecular weight excluding hydrogens is 424 g/mol. The zero-order valence-corrected chi connectivity index (χ0v) is 19.6. The molecule has 1 aromatic heterocycles. The van der Waals surface area contributed by atoms with Gasteiger partial charge in [0.05, 0.1) is 26.9 Å². The van der Waals surface area contributed by atoms with Crippen molar-refractivity contribution >= 4 is 17.6 Å². The van der Waals surface area contributed by atoms with E-state index in [4.69, 9.17) is 18.9 Å². The maximum atomic E-state index is 12.7. The van der Waals surface area contributed by atoms with E-state index in [1.165, 1.54) is 21.3 Å². The van der Waals surface area contributed by atoms with Crippen LogP contribution < -0.4 is 19.5 Å². The van der Waals surface area contributed by atoms with Gasteiger partial charge >= 0.3 is 5.97 Å². The lowest BCUT2D eigenvalue weighted by molar-refractivity contribution is -0.119. The Labute approximate surface area is 193 Å². The first-order valence-corrected chi connectivity index (χ1v) is 10.3. The number of aromatic nitrogens is 1. The molecule has 1 amide bonds. The molecule has 0 aliphatic rings. The number of aryl methyl sites for hydroxylation is 2. The molecule has 0 atom stereocenters. The molecule has 2 aromatic carbocycles. The molecule has 1 heterocycles. The zero-order valence-electron chi connectivity index (χ0n) is 19.6. The molecule has 0 saturated heterocycles. The first kappa shape index (κ1) is 23.7. The molecule has 8 nitrogen and oxygen atoms in total. The van der Waals surface area contributed by atoms with Crippen LogP contribution in [0, 0.1) is 20.8 Å². The number of hydrogen-bond donors (Lipinski definition) is 1. The van der Waals surface area contributed by atoms with Crippen molar-refractivity contribution in [2.24, 2.45) is 0 Å². The number of esters is 1. The van der Waals surface area contributed by atoms with E-state index in [0.717, 1.165) is 22.6 Å². The predicted molar refractivity (Wildman–Crippen MR) is 125 cm³/mol. The fourth-order valence-electron chi connectivity index (χ4n) is 3.69. The normalized spacial score (nSPS) is 10.5. The maximum absolute atomic E-state index is 12.7. The van der Waals surface area contributed by atoms with Crippen molar-refractivity contribution in [3.05, 3.63) is 65.0 Å². The molecule has 3 rings (SSSR count). The predicted octanol–water partition coefficient (Wildman–Crippen LogP) is 4.22. The van der Waals surface area contributed by atoms with Gasteiger partial charge in [0.15, 0.2) is 18.1 Å². The van der Waals surface area contributed by atoms with Gasteiger partial charge in [0.2, 0.25) is 5.75 Å². The lowest BCUT2D eigenvalue weighted by atomic mass is 10.2. The van der Waals surface area contributed by atoms with Gasteiger partial charge in [-0.3, -0.25) is 4.79 Å². The van der Waals surface area contributed by atoms with Crippen molar-refractivity contribution in [1.82, 2.24) is 4.57 Å². The molecule has 0 saturated carbocycles. The molecule has 1 N–H and O–H groups in total. The van der Waals surface area contributed by atoms with Crippen LogP contribution in [0.1, 0.15) is 27.3 Å². The van der Waals surface area contributed by atoms with E-state index >= 15 is 0 Å². The highest BCUT2D eigenvalue weighted by Crippen LogP contribution is 2.39. The minimum Gasteiger partial charge on any atom is -0.493 e. The highest BCUT2D eigenvalue weighted by molar-refractivity contribution is 5.96. The Balaban J connectivity index is 1.71. The van der Waals surface area contributed by atoms with Crippen LogP contribution in [0.4, 0.5) is 5.69 Å². The molecule has 33 heavy (non-hydrogen) atoms. The highest BCUT2D eigenvalue weighted by atomic mass is 16.5. The van der Waals surface area contributed by atoms with Crippen molar-refractivity contribution < 1.29 is 28.5 Å². The number of methoxy groups -OCH3 is 3. The number of carbonyl (C=O) groups excluding carboxylic acids is 2. The Bertz CT molecular complexity index is 1160. The quantitative estimate of drug-likeness (QED) is 0.515. The molecule has 0 aliphatic carbocycles. The summed E-state index contributed by atoms with van der Waals surface area (Å²) in [7, 11) is 4.46.